The lowest BCUT2D eigenvalue weighted by atomic mass is 10.2. The summed E-state index contributed by atoms with van der Waals surface area (Å²) >= 11 is 0. The predicted molar refractivity (Wildman–Crippen MR) is 97.4 cm³/mol. The topological polar surface area (TPSA) is 61.0 Å². The average Bonchev–Trinajstić information content (AvgIpc) is 3.01. The lowest BCUT2D eigenvalue weighted by Gasteiger charge is -2.09. The monoisotopic (exact) mass is 329 g/mol. The molecule has 0 aliphatic rings. The van der Waals surface area contributed by atoms with Crippen LogP contribution in [0.4, 0.5) is 5.69 Å². The van der Waals surface area contributed by atoms with Crippen LogP contribution in [-0.4, -0.2) is 14.5 Å². The van der Waals surface area contributed by atoms with Gasteiger partial charge >= 0.3 is 0 Å². The first-order valence-electron chi connectivity index (χ1n) is 7.96. The normalized spacial score (nSPS) is 10.9. The Morgan fingerprint density at radius 2 is 1.60 bits per heavy atom. The molecule has 0 aliphatic carbocycles. The minimum atomic E-state index is -0.391. The molecule has 0 N–H and O–H groups in total. The first-order valence-corrected chi connectivity index (χ1v) is 7.96. The van der Waals surface area contributed by atoms with E-state index >= 15 is 0 Å². The van der Waals surface area contributed by atoms with E-state index in [0.717, 1.165) is 22.5 Å². The first kappa shape index (κ1) is 15.1. The molecule has 0 amide bonds. The van der Waals surface area contributed by atoms with Gasteiger partial charge in [-0.05, 0) is 11.6 Å². The van der Waals surface area contributed by atoms with E-state index < -0.39 is 4.92 Å². The van der Waals surface area contributed by atoms with Crippen LogP contribution in [-0.2, 0) is 6.54 Å². The summed E-state index contributed by atoms with van der Waals surface area (Å²) in [5.41, 5.74) is 3.70. The number of fused-ring (bicyclic) bond motifs is 1. The van der Waals surface area contributed by atoms with Crippen LogP contribution >= 0.6 is 0 Å². The maximum absolute atomic E-state index is 11.1. The second kappa shape index (κ2) is 6.20. The second-order valence-electron chi connectivity index (χ2n) is 5.80. The molecule has 3 aromatic carbocycles. The Morgan fingerprint density at radius 3 is 2.28 bits per heavy atom. The standard InChI is InChI=1S/C20H15N3O2/c24-23(25)17-11-12-19-18(13-17)21-20(16-9-5-2-6-10-16)22(19)14-15-7-3-1-4-8-15/h1-13H,14H2. The molecule has 0 unspecified atom stereocenters. The molecule has 122 valence electrons. The SMILES string of the molecule is O=[N+]([O-])c1ccc2c(c1)nc(-c1ccccc1)n2Cc1ccccc1. The van der Waals surface area contributed by atoms with Gasteiger partial charge < -0.3 is 4.57 Å². The number of rotatable bonds is 4. The number of aromatic nitrogens is 2. The van der Waals surface area contributed by atoms with E-state index in [1.54, 1.807) is 6.07 Å². The van der Waals surface area contributed by atoms with Crippen LogP contribution in [0.1, 0.15) is 5.56 Å². The van der Waals surface area contributed by atoms with Crippen LogP contribution in [0.2, 0.25) is 0 Å². The van der Waals surface area contributed by atoms with Crippen molar-refractivity contribution in [1.29, 1.82) is 0 Å². The largest absolute Gasteiger partial charge is 0.319 e. The smallest absolute Gasteiger partial charge is 0.271 e. The van der Waals surface area contributed by atoms with E-state index in [2.05, 4.69) is 21.7 Å². The van der Waals surface area contributed by atoms with Gasteiger partial charge in [-0.1, -0.05) is 60.7 Å². The fourth-order valence-electron chi connectivity index (χ4n) is 2.97. The molecule has 4 aromatic rings. The van der Waals surface area contributed by atoms with Crippen LogP contribution < -0.4 is 0 Å². The number of hydrogen-bond acceptors (Lipinski definition) is 3. The van der Waals surface area contributed by atoms with Gasteiger partial charge in [-0.15, -0.1) is 0 Å². The lowest BCUT2D eigenvalue weighted by Crippen LogP contribution is -2.02. The fraction of sp³-hybridized carbons (Fsp3) is 0.0500. The van der Waals surface area contributed by atoms with Gasteiger partial charge in [0, 0.05) is 24.2 Å². The Morgan fingerprint density at radius 1 is 0.920 bits per heavy atom. The van der Waals surface area contributed by atoms with Crippen molar-refractivity contribution in [2.75, 3.05) is 0 Å². The van der Waals surface area contributed by atoms with E-state index in [1.165, 1.54) is 12.1 Å². The second-order valence-corrected chi connectivity index (χ2v) is 5.80. The summed E-state index contributed by atoms with van der Waals surface area (Å²) in [5.74, 6) is 0.806. The summed E-state index contributed by atoms with van der Waals surface area (Å²) in [6.07, 6.45) is 0. The molecule has 0 atom stereocenters. The zero-order valence-electron chi connectivity index (χ0n) is 13.4. The maximum Gasteiger partial charge on any atom is 0.271 e. The van der Waals surface area contributed by atoms with Gasteiger partial charge in [0.2, 0.25) is 0 Å². The molecule has 5 heteroatoms. The molecular formula is C20H15N3O2. The van der Waals surface area contributed by atoms with Gasteiger partial charge in [0.15, 0.2) is 0 Å². The molecule has 0 radical (unpaired) electrons. The van der Waals surface area contributed by atoms with E-state index in [4.69, 9.17) is 0 Å². The molecule has 0 fully saturated rings. The highest BCUT2D eigenvalue weighted by Crippen LogP contribution is 2.28. The molecule has 5 nitrogen and oxygen atoms in total. The Hall–Kier alpha value is -3.47. The third-order valence-electron chi connectivity index (χ3n) is 4.16. The number of nitro benzene ring substituents is 1. The van der Waals surface area contributed by atoms with Gasteiger partial charge in [-0.3, -0.25) is 10.1 Å². The van der Waals surface area contributed by atoms with Gasteiger partial charge in [0.05, 0.1) is 16.0 Å². The van der Waals surface area contributed by atoms with Crippen molar-refractivity contribution in [2.45, 2.75) is 6.54 Å². The first-order chi connectivity index (χ1) is 12.2. The molecular weight excluding hydrogens is 314 g/mol. The summed E-state index contributed by atoms with van der Waals surface area (Å²) in [7, 11) is 0. The molecule has 0 spiro atoms. The number of imidazole rings is 1. The molecule has 1 aromatic heterocycles. The van der Waals surface area contributed by atoms with Gasteiger partial charge in [0.1, 0.15) is 5.82 Å². The number of nitrogens with zero attached hydrogens (tertiary/aromatic N) is 3. The third kappa shape index (κ3) is 2.87. The molecule has 25 heavy (non-hydrogen) atoms. The fourth-order valence-corrected chi connectivity index (χ4v) is 2.97. The Bertz CT molecular complexity index is 1040. The minimum absolute atomic E-state index is 0.0523. The van der Waals surface area contributed by atoms with E-state index in [-0.39, 0.29) is 5.69 Å². The van der Waals surface area contributed by atoms with E-state index in [1.807, 2.05) is 48.5 Å². The van der Waals surface area contributed by atoms with Crippen LogP contribution in [0.5, 0.6) is 0 Å². The zero-order valence-corrected chi connectivity index (χ0v) is 13.4. The molecule has 0 saturated carbocycles. The number of hydrogen-bond donors (Lipinski definition) is 0. The number of non-ortho nitro benzene ring substituents is 1. The molecule has 1 heterocycles. The summed E-state index contributed by atoms with van der Waals surface area (Å²) in [4.78, 5) is 15.4. The summed E-state index contributed by atoms with van der Waals surface area (Å²) < 4.78 is 2.10. The zero-order chi connectivity index (χ0) is 17.2. The van der Waals surface area contributed by atoms with Crippen molar-refractivity contribution >= 4 is 16.7 Å². The average molecular weight is 329 g/mol. The molecule has 0 saturated heterocycles. The van der Waals surface area contributed by atoms with Crippen molar-refractivity contribution in [3.05, 3.63) is 94.5 Å². The van der Waals surface area contributed by atoms with Crippen molar-refractivity contribution in [3.8, 4) is 11.4 Å². The molecule has 4 rings (SSSR count). The highest BCUT2D eigenvalue weighted by molar-refractivity contribution is 5.82. The van der Waals surface area contributed by atoms with Gasteiger partial charge in [-0.2, -0.15) is 0 Å². The minimum Gasteiger partial charge on any atom is -0.319 e. The van der Waals surface area contributed by atoms with E-state index in [0.29, 0.717) is 12.1 Å². The molecule has 0 aliphatic heterocycles. The quantitative estimate of drug-likeness (QED) is 0.404. The van der Waals surface area contributed by atoms with Gasteiger partial charge in [-0.25, -0.2) is 4.98 Å². The van der Waals surface area contributed by atoms with Gasteiger partial charge in [0.25, 0.3) is 5.69 Å². The lowest BCUT2D eigenvalue weighted by molar-refractivity contribution is -0.384. The highest BCUT2D eigenvalue weighted by Gasteiger charge is 2.16. The molecule has 0 bridgehead atoms. The van der Waals surface area contributed by atoms with Crippen molar-refractivity contribution in [3.63, 3.8) is 0 Å². The Kier molecular flexibility index (Phi) is 3.74. The van der Waals surface area contributed by atoms with Crippen LogP contribution in [0.25, 0.3) is 22.4 Å². The van der Waals surface area contributed by atoms with Crippen molar-refractivity contribution < 1.29 is 4.92 Å². The maximum atomic E-state index is 11.1. The highest BCUT2D eigenvalue weighted by atomic mass is 16.6. The summed E-state index contributed by atoms with van der Waals surface area (Å²) in [6.45, 7) is 0.652. The Balaban J connectivity index is 1.92. The van der Waals surface area contributed by atoms with Crippen LogP contribution in [0.15, 0.2) is 78.9 Å². The summed E-state index contributed by atoms with van der Waals surface area (Å²) in [5, 5.41) is 11.1. The Labute approximate surface area is 144 Å². The summed E-state index contributed by atoms with van der Waals surface area (Å²) in [6, 6.07) is 24.8. The van der Waals surface area contributed by atoms with Crippen molar-refractivity contribution in [2.24, 2.45) is 0 Å². The van der Waals surface area contributed by atoms with Crippen molar-refractivity contribution in [1.82, 2.24) is 9.55 Å². The number of benzene rings is 3. The van der Waals surface area contributed by atoms with E-state index in [9.17, 15) is 10.1 Å². The van der Waals surface area contributed by atoms with Crippen LogP contribution in [0.3, 0.4) is 0 Å². The van der Waals surface area contributed by atoms with Crippen LogP contribution in [0, 0.1) is 10.1 Å². The third-order valence-corrected chi connectivity index (χ3v) is 4.16. The predicted octanol–water partition coefficient (Wildman–Crippen LogP) is 4.66. The number of nitro groups is 1.